The van der Waals surface area contributed by atoms with Crippen LogP contribution in [0.4, 0.5) is 0 Å². The van der Waals surface area contributed by atoms with Crippen LogP contribution in [0.5, 0.6) is 0 Å². The molecule has 0 bridgehead atoms. The molecule has 2 heterocycles. The summed E-state index contributed by atoms with van der Waals surface area (Å²) in [5, 5.41) is 2.83. The second-order valence-corrected chi connectivity index (χ2v) is 4.67. The Morgan fingerprint density at radius 3 is 3.00 bits per heavy atom. The number of fused-ring (bicyclic) bond motifs is 1. The fourth-order valence-corrected chi connectivity index (χ4v) is 2.49. The van der Waals surface area contributed by atoms with E-state index in [-0.39, 0.29) is 5.56 Å². The van der Waals surface area contributed by atoms with Gasteiger partial charge in [0.15, 0.2) is 0 Å². The van der Waals surface area contributed by atoms with Gasteiger partial charge in [-0.2, -0.15) is 0 Å². The molecule has 15 heavy (non-hydrogen) atoms. The zero-order valence-electron chi connectivity index (χ0n) is 8.90. The average Bonchev–Trinajstić information content (AvgIpc) is 2.70. The Labute approximate surface area is 93.2 Å². The summed E-state index contributed by atoms with van der Waals surface area (Å²) < 4.78 is 2.91. The molecule has 3 heteroatoms. The summed E-state index contributed by atoms with van der Waals surface area (Å²) in [6, 6.07) is 3.95. The first-order valence-electron chi connectivity index (χ1n) is 5.39. The lowest BCUT2D eigenvalue weighted by atomic mass is 10.2. The molecule has 0 aliphatic carbocycles. The van der Waals surface area contributed by atoms with E-state index in [9.17, 15) is 4.79 Å². The van der Waals surface area contributed by atoms with E-state index < -0.39 is 0 Å². The van der Waals surface area contributed by atoms with Crippen molar-refractivity contribution in [1.29, 1.82) is 0 Å². The van der Waals surface area contributed by atoms with Crippen LogP contribution in [-0.4, -0.2) is 4.57 Å². The molecule has 0 aromatic carbocycles. The molecule has 2 aromatic heterocycles. The summed E-state index contributed by atoms with van der Waals surface area (Å²) >= 11 is 1.63. The Morgan fingerprint density at radius 1 is 1.33 bits per heavy atom. The minimum atomic E-state index is 0.157. The number of hydrogen-bond acceptors (Lipinski definition) is 2. The predicted octanol–water partition coefficient (Wildman–Crippen LogP) is 3.25. The van der Waals surface area contributed by atoms with E-state index in [4.69, 9.17) is 0 Å². The van der Waals surface area contributed by atoms with Crippen molar-refractivity contribution in [2.24, 2.45) is 0 Å². The van der Waals surface area contributed by atoms with Gasteiger partial charge < -0.3 is 4.57 Å². The average molecular weight is 221 g/mol. The van der Waals surface area contributed by atoms with Crippen LogP contribution in [-0.2, 0) is 6.54 Å². The van der Waals surface area contributed by atoms with Gasteiger partial charge >= 0.3 is 0 Å². The van der Waals surface area contributed by atoms with E-state index in [1.165, 1.54) is 12.8 Å². The summed E-state index contributed by atoms with van der Waals surface area (Å²) in [6.07, 6.45) is 5.38. The number of pyridine rings is 1. The zero-order valence-corrected chi connectivity index (χ0v) is 9.72. The molecular weight excluding hydrogens is 206 g/mol. The fourth-order valence-electron chi connectivity index (χ4n) is 1.72. The van der Waals surface area contributed by atoms with E-state index in [0.29, 0.717) is 0 Å². The quantitative estimate of drug-likeness (QED) is 0.726. The van der Waals surface area contributed by atoms with Gasteiger partial charge in [0.2, 0.25) is 0 Å². The SMILES string of the molecule is CCCCCn1ccc2sccc2c1=O. The molecule has 80 valence electrons. The van der Waals surface area contributed by atoms with Crippen LogP contribution in [0.25, 0.3) is 10.1 Å². The first-order valence-corrected chi connectivity index (χ1v) is 6.27. The minimum Gasteiger partial charge on any atom is -0.315 e. The molecule has 0 spiro atoms. The van der Waals surface area contributed by atoms with E-state index in [1.54, 1.807) is 11.3 Å². The maximum Gasteiger partial charge on any atom is 0.259 e. The number of rotatable bonds is 4. The van der Waals surface area contributed by atoms with Gasteiger partial charge in [-0.05, 0) is 23.9 Å². The van der Waals surface area contributed by atoms with Gasteiger partial charge in [-0.15, -0.1) is 11.3 Å². The number of aryl methyl sites for hydroxylation is 1. The number of aromatic nitrogens is 1. The lowest BCUT2D eigenvalue weighted by Crippen LogP contribution is -2.18. The zero-order chi connectivity index (χ0) is 10.7. The number of unbranched alkanes of at least 4 members (excludes halogenated alkanes) is 2. The lowest BCUT2D eigenvalue weighted by Gasteiger charge is -2.04. The number of thiophene rings is 1. The van der Waals surface area contributed by atoms with E-state index >= 15 is 0 Å². The molecule has 2 aromatic rings. The highest BCUT2D eigenvalue weighted by Gasteiger charge is 2.02. The Balaban J connectivity index is 2.28. The second kappa shape index (κ2) is 4.62. The minimum absolute atomic E-state index is 0.157. The standard InChI is InChI=1S/C12H15NOS/c1-2-3-4-7-13-8-5-11-10(12(13)14)6-9-15-11/h5-6,8-9H,2-4,7H2,1H3. The summed E-state index contributed by atoms with van der Waals surface area (Å²) in [5.41, 5.74) is 0.157. The van der Waals surface area contributed by atoms with Crippen LogP contribution >= 0.6 is 11.3 Å². The van der Waals surface area contributed by atoms with Crippen molar-refractivity contribution in [2.75, 3.05) is 0 Å². The summed E-state index contributed by atoms with van der Waals surface area (Å²) in [5.74, 6) is 0. The third kappa shape index (κ3) is 2.12. The molecule has 0 aliphatic rings. The number of nitrogens with zero attached hydrogens (tertiary/aromatic N) is 1. The second-order valence-electron chi connectivity index (χ2n) is 3.72. The highest BCUT2D eigenvalue weighted by Crippen LogP contribution is 2.16. The van der Waals surface area contributed by atoms with Crippen LogP contribution in [0.2, 0.25) is 0 Å². The summed E-state index contributed by atoms with van der Waals surface area (Å²) in [7, 11) is 0. The lowest BCUT2D eigenvalue weighted by molar-refractivity contribution is 0.591. The van der Waals surface area contributed by atoms with Gasteiger partial charge in [0.25, 0.3) is 5.56 Å². The largest absolute Gasteiger partial charge is 0.315 e. The van der Waals surface area contributed by atoms with Crippen LogP contribution in [0.1, 0.15) is 26.2 Å². The molecule has 0 N–H and O–H groups in total. The topological polar surface area (TPSA) is 22.0 Å². The molecule has 0 radical (unpaired) electrons. The first kappa shape index (κ1) is 10.4. The summed E-state index contributed by atoms with van der Waals surface area (Å²) in [6.45, 7) is 3.02. The van der Waals surface area contributed by atoms with Crippen LogP contribution in [0.3, 0.4) is 0 Å². The highest BCUT2D eigenvalue weighted by molar-refractivity contribution is 7.17. The molecule has 0 fully saturated rings. The van der Waals surface area contributed by atoms with Crippen molar-refractivity contribution >= 4 is 21.4 Å². The first-order chi connectivity index (χ1) is 7.33. The molecule has 0 unspecified atom stereocenters. The van der Waals surface area contributed by atoms with E-state index in [1.807, 2.05) is 28.3 Å². The van der Waals surface area contributed by atoms with E-state index in [0.717, 1.165) is 23.1 Å². The Bertz CT molecular complexity index is 498. The molecule has 0 amide bonds. The maximum atomic E-state index is 12.0. The Hall–Kier alpha value is -1.09. The molecule has 0 saturated heterocycles. The van der Waals surface area contributed by atoms with Gasteiger partial charge in [-0.25, -0.2) is 0 Å². The predicted molar refractivity (Wildman–Crippen MR) is 65.6 cm³/mol. The van der Waals surface area contributed by atoms with E-state index in [2.05, 4.69) is 6.92 Å². The normalized spacial score (nSPS) is 11.0. The maximum absolute atomic E-state index is 12.0. The third-order valence-electron chi connectivity index (χ3n) is 2.59. The monoisotopic (exact) mass is 221 g/mol. The molecule has 2 rings (SSSR count). The molecule has 0 aliphatic heterocycles. The molecular formula is C12H15NOS. The van der Waals surface area contributed by atoms with Crippen LogP contribution in [0, 0.1) is 0 Å². The smallest absolute Gasteiger partial charge is 0.259 e. The van der Waals surface area contributed by atoms with Crippen molar-refractivity contribution < 1.29 is 0 Å². The van der Waals surface area contributed by atoms with Crippen LogP contribution < -0.4 is 5.56 Å². The molecule has 2 nitrogen and oxygen atoms in total. The van der Waals surface area contributed by atoms with Gasteiger partial charge in [0.05, 0.1) is 5.39 Å². The van der Waals surface area contributed by atoms with Crippen molar-refractivity contribution in [3.8, 4) is 0 Å². The van der Waals surface area contributed by atoms with Crippen molar-refractivity contribution in [3.05, 3.63) is 34.1 Å². The Kier molecular flexibility index (Phi) is 3.21. The highest BCUT2D eigenvalue weighted by atomic mass is 32.1. The fraction of sp³-hybridized carbons (Fsp3) is 0.417. The van der Waals surface area contributed by atoms with Gasteiger partial charge in [0, 0.05) is 17.4 Å². The molecule has 0 saturated carbocycles. The number of hydrogen-bond donors (Lipinski definition) is 0. The Morgan fingerprint density at radius 2 is 2.20 bits per heavy atom. The van der Waals surface area contributed by atoms with Crippen molar-refractivity contribution in [1.82, 2.24) is 4.57 Å². The van der Waals surface area contributed by atoms with Crippen molar-refractivity contribution in [3.63, 3.8) is 0 Å². The molecule has 0 atom stereocenters. The van der Waals surface area contributed by atoms with Crippen molar-refractivity contribution in [2.45, 2.75) is 32.7 Å². The van der Waals surface area contributed by atoms with Gasteiger partial charge in [0.1, 0.15) is 0 Å². The summed E-state index contributed by atoms with van der Waals surface area (Å²) in [4.78, 5) is 12.0. The van der Waals surface area contributed by atoms with Crippen LogP contribution in [0.15, 0.2) is 28.5 Å². The third-order valence-corrected chi connectivity index (χ3v) is 3.48. The van der Waals surface area contributed by atoms with Gasteiger partial charge in [-0.3, -0.25) is 4.79 Å². The van der Waals surface area contributed by atoms with Gasteiger partial charge in [-0.1, -0.05) is 19.8 Å².